The van der Waals surface area contributed by atoms with E-state index < -0.39 is 4.92 Å². The molecule has 0 saturated heterocycles. The summed E-state index contributed by atoms with van der Waals surface area (Å²) < 4.78 is 0. The quantitative estimate of drug-likeness (QED) is 0.403. The molecule has 0 aliphatic heterocycles. The Morgan fingerprint density at radius 2 is 1.67 bits per heavy atom. The first-order valence-electron chi connectivity index (χ1n) is 5.33. The van der Waals surface area contributed by atoms with Gasteiger partial charge >= 0.3 is 0 Å². The Labute approximate surface area is 102 Å². The summed E-state index contributed by atoms with van der Waals surface area (Å²) in [6.45, 7) is 0. The van der Waals surface area contributed by atoms with Crippen molar-refractivity contribution < 1.29 is 10.1 Å². The molecule has 5 nitrogen and oxygen atoms in total. The Balaban J connectivity index is 2.41. The van der Waals surface area contributed by atoms with Gasteiger partial charge in [-0.3, -0.25) is 10.1 Å². The van der Waals surface area contributed by atoms with Gasteiger partial charge in [0.2, 0.25) is 0 Å². The number of nitro groups is 1. The van der Waals surface area contributed by atoms with Crippen molar-refractivity contribution in [2.45, 2.75) is 0 Å². The molecular weight excluding hydrogens is 232 g/mol. The van der Waals surface area contributed by atoms with Gasteiger partial charge in [-0.2, -0.15) is 0 Å². The van der Waals surface area contributed by atoms with Gasteiger partial charge in [0.1, 0.15) is 5.71 Å². The molecule has 0 unspecified atom stereocenters. The van der Waals surface area contributed by atoms with Crippen LogP contribution in [-0.2, 0) is 0 Å². The average Bonchev–Trinajstić information content (AvgIpc) is 2.72. The van der Waals surface area contributed by atoms with Crippen molar-refractivity contribution in [2.75, 3.05) is 0 Å². The zero-order valence-electron chi connectivity index (χ0n) is 9.20. The Hall–Kier alpha value is -2.69. The van der Waals surface area contributed by atoms with Gasteiger partial charge in [-0.25, -0.2) is 0 Å². The van der Waals surface area contributed by atoms with Crippen LogP contribution in [0.5, 0.6) is 0 Å². The van der Waals surface area contributed by atoms with Gasteiger partial charge in [0, 0.05) is 11.6 Å². The highest BCUT2D eigenvalue weighted by molar-refractivity contribution is 6.26. The van der Waals surface area contributed by atoms with Gasteiger partial charge in [0.05, 0.1) is 10.5 Å². The van der Waals surface area contributed by atoms with Gasteiger partial charge in [0.25, 0.3) is 5.69 Å². The van der Waals surface area contributed by atoms with E-state index in [-0.39, 0.29) is 11.4 Å². The molecule has 1 N–H and O–H groups in total. The van der Waals surface area contributed by atoms with Gasteiger partial charge < -0.3 is 5.21 Å². The van der Waals surface area contributed by atoms with E-state index in [1.165, 1.54) is 6.07 Å². The molecule has 3 rings (SSSR count). The summed E-state index contributed by atoms with van der Waals surface area (Å²) >= 11 is 0. The first-order valence-corrected chi connectivity index (χ1v) is 5.33. The first-order chi connectivity index (χ1) is 8.74. The average molecular weight is 240 g/mol. The minimum atomic E-state index is -0.462. The molecule has 0 atom stereocenters. The zero-order chi connectivity index (χ0) is 12.7. The van der Waals surface area contributed by atoms with Crippen LogP contribution in [0.25, 0.3) is 11.1 Å². The second-order valence-corrected chi connectivity index (χ2v) is 3.95. The van der Waals surface area contributed by atoms with Gasteiger partial charge in [-0.1, -0.05) is 41.6 Å². The lowest BCUT2D eigenvalue weighted by Gasteiger charge is -2.00. The Morgan fingerprint density at radius 1 is 1.00 bits per heavy atom. The number of rotatable bonds is 1. The van der Waals surface area contributed by atoms with Crippen LogP contribution < -0.4 is 0 Å². The summed E-state index contributed by atoms with van der Waals surface area (Å²) in [7, 11) is 0. The highest BCUT2D eigenvalue weighted by atomic mass is 16.6. The Kier molecular flexibility index (Phi) is 2.13. The molecule has 88 valence electrons. The fraction of sp³-hybridized carbons (Fsp3) is 0. The van der Waals surface area contributed by atoms with Gasteiger partial charge in [-0.05, 0) is 11.1 Å². The maximum absolute atomic E-state index is 11.0. The smallest absolute Gasteiger partial charge is 0.279 e. The van der Waals surface area contributed by atoms with Crippen LogP contribution in [0.4, 0.5) is 5.69 Å². The van der Waals surface area contributed by atoms with Crippen LogP contribution in [0, 0.1) is 10.1 Å². The van der Waals surface area contributed by atoms with Crippen molar-refractivity contribution in [1.29, 1.82) is 0 Å². The van der Waals surface area contributed by atoms with E-state index in [0.29, 0.717) is 11.1 Å². The molecule has 0 spiro atoms. The molecule has 0 saturated carbocycles. The van der Waals surface area contributed by atoms with Crippen LogP contribution in [-0.4, -0.2) is 15.8 Å². The van der Waals surface area contributed by atoms with E-state index in [1.807, 2.05) is 18.2 Å². The fourth-order valence-electron chi connectivity index (χ4n) is 2.33. The van der Waals surface area contributed by atoms with Crippen molar-refractivity contribution >= 4 is 11.4 Å². The Morgan fingerprint density at radius 3 is 2.33 bits per heavy atom. The molecule has 18 heavy (non-hydrogen) atoms. The molecule has 0 fully saturated rings. The first kappa shape index (κ1) is 10.5. The van der Waals surface area contributed by atoms with E-state index in [0.717, 1.165) is 11.1 Å². The SMILES string of the molecule is O=[N+]([O-])c1cccc2c1C(=NO)c1ccccc1-2. The van der Waals surface area contributed by atoms with Gasteiger partial charge in [-0.15, -0.1) is 0 Å². The third-order valence-electron chi connectivity index (χ3n) is 3.05. The second-order valence-electron chi connectivity index (χ2n) is 3.95. The van der Waals surface area contributed by atoms with Crippen LogP contribution in [0.3, 0.4) is 0 Å². The number of nitro benzene ring substituents is 1. The summed E-state index contributed by atoms with van der Waals surface area (Å²) in [4.78, 5) is 10.6. The van der Waals surface area contributed by atoms with Crippen LogP contribution in [0.1, 0.15) is 11.1 Å². The topological polar surface area (TPSA) is 75.7 Å². The highest BCUT2D eigenvalue weighted by Crippen LogP contribution is 2.40. The summed E-state index contributed by atoms with van der Waals surface area (Å²) in [5, 5.41) is 23.4. The molecule has 5 heteroatoms. The summed E-state index contributed by atoms with van der Waals surface area (Å²) in [6.07, 6.45) is 0. The lowest BCUT2D eigenvalue weighted by atomic mass is 10.1. The summed E-state index contributed by atoms with van der Waals surface area (Å²) in [5.41, 5.74) is 2.89. The standard InChI is InChI=1S/C13H8N2O3/c16-14-13-10-5-2-1-4-8(10)9-6-3-7-11(12(9)13)15(17)18/h1-7,16H. The van der Waals surface area contributed by atoms with Crippen molar-refractivity contribution in [3.05, 3.63) is 63.7 Å². The monoisotopic (exact) mass is 240 g/mol. The maximum atomic E-state index is 11.0. The molecule has 0 radical (unpaired) electrons. The van der Waals surface area contributed by atoms with Gasteiger partial charge in [0.15, 0.2) is 0 Å². The molecule has 0 bridgehead atoms. The highest BCUT2D eigenvalue weighted by Gasteiger charge is 2.31. The van der Waals surface area contributed by atoms with E-state index in [2.05, 4.69) is 5.16 Å². The maximum Gasteiger partial charge on any atom is 0.279 e. The number of nitrogens with zero attached hydrogens (tertiary/aromatic N) is 2. The second kappa shape index (κ2) is 3.66. The zero-order valence-corrected chi connectivity index (χ0v) is 9.20. The van der Waals surface area contributed by atoms with Crippen LogP contribution in [0.15, 0.2) is 47.6 Å². The Bertz CT molecular complexity index is 692. The third-order valence-corrected chi connectivity index (χ3v) is 3.05. The number of hydrogen-bond acceptors (Lipinski definition) is 4. The third kappa shape index (κ3) is 1.24. The summed E-state index contributed by atoms with van der Waals surface area (Å²) in [6, 6.07) is 12.1. The van der Waals surface area contributed by atoms with Crippen LogP contribution >= 0.6 is 0 Å². The van der Waals surface area contributed by atoms with Crippen molar-refractivity contribution in [3.8, 4) is 11.1 Å². The largest absolute Gasteiger partial charge is 0.410 e. The van der Waals surface area contributed by atoms with E-state index in [9.17, 15) is 10.1 Å². The normalized spacial score (nSPS) is 14.3. The van der Waals surface area contributed by atoms with Crippen molar-refractivity contribution in [1.82, 2.24) is 0 Å². The molecule has 0 aromatic heterocycles. The molecule has 2 aromatic carbocycles. The fourth-order valence-corrected chi connectivity index (χ4v) is 2.33. The lowest BCUT2D eigenvalue weighted by molar-refractivity contribution is -0.385. The predicted octanol–water partition coefficient (Wildman–Crippen LogP) is 2.80. The predicted molar refractivity (Wildman–Crippen MR) is 66.0 cm³/mol. The molecule has 1 aliphatic rings. The van der Waals surface area contributed by atoms with Crippen LogP contribution in [0.2, 0.25) is 0 Å². The van der Waals surface area contributed by atoms with E-state index in [4.69, 9.17) is 5.21 Å². The molecule has 2 aromatic rings. The number of fused-ring (bicyclic) bond motifs is 3. The number of hydrogen-bond donors (Lipinski definition) is 1. The lowest BCUT2D eigenvalue weighted by Crippen LogP contribution is -2.02. The van der Waals surface area contributed by atoms with Crippen molar-refractivity contribution in [3.63, 3.8) is 0 Å². The molecule has 0 heterocycles. The van der Waals surface area contributed by atoms with E-state index >= 15 is 0 Å². The number of benzene rings is 2. The van der Waals surface area contributed by atoms with Crippen molar-refractivity contribution in [2.24, 2.45) is 5.16 Å². The molecule has 0 amide bonds. The van der Waals surface area contributed by atoms with E-state index in [1.54, 1.807) is 18.2 Å². The summed E-state index contributed by atoms with van der Waals surface area (Å²) in [5.74, 6) is 0. The minimum absolute atomic E-state index is 0.0449. The minimum Gasteiger partial charge on any atom is -0.410 e. The molecule has 1 aliphatic carbocycles. The number of oxime groups is 1. The molecular formula is C13H8N2O3.